The number of hydrogen-bond donors (Lipinski definition) is 1. The molecule has 80 valence electrons. The highest BCUT2D eigenvalue weighted by Gasteiger charge is 2.18. The summed E-state index contributed by atoms with van der Waals surface area (Å²) in [5.74, 6) is 6.94. The van der Waals surface area contributed by atoms with E-state index in [0.29, 0.717) is 6.04 Å². The van der Waals surface area contributed by atoms with E-state index in [1.807, 2.05) is 6.92 Å². The van der Waals surface area contributed by atoms with E-state index in [2.05, 4.69) is 24.1 Å². The van der Waals surface area contributed by atoms with Crippen molar-refractivity contribution in [3.05, 3.63) is 0 Å². The van der Waals surface area contributed by atoms with Crippen molar-refractivity contribution in [2.75, 3.05) is 6.54 Å². The third kappa shape index (κ3) is 4.15. The fourth-order valence-electron chi connectivity index (χ4n) is 2.29. The molecule has 0 aliphatic heterocycles. The van der Waals surface area contributed by atoms with Gasteiger partial charge in [-0.05, 0) is 32.6 Å². The Morgan fingerprint density at radius 3 is 2.64 bits per heavy atom. The summed E-state index contributed by atoms with van der Waals surface area (Å²) in [7, 11) is 0. The third-order valence-corrected chi connectivity index (χ3v) is 3.25. The molecular weight excluding hydrogens is 170 g/mol. The van der Waals surface area contributed by atoms with Crippen LogP contribution in [0.1, 0.15) is 52.4 Å². The van der Waals surface area contributed by atoms with Gasteiger partial charge in [-0.25, -0.2) is 0 Å². The van der Waals surface area contributed by atoms with Crippen LogP contribution in [0.3, 0.4) is 0 Å². The summed E-state index contributed by atoms with van der Waals surface area (Å²) in [5, 5.41) is 3.58. The molecule has 1 aliphatic carbocycles. The SMILES string of the molecule is CC#CCCN[C@H](C)C1CCCCC1. The molecule has 14 heavy (non-hydrogen) atoms. The van der Waals surface area contributed by atoms with Gasteiger partial charge in [-0.3, -0.25) is 0 Å². The maximum atomic E-state index is 3.58. The second-order valence-corrected chi connectivity index (χ2v) is 4.32. The molecule has 0 aromatic carbocycles. The summed E-state index contributed by atoms with van der Waals surface area (Å²) < 4.78 is 0. The van der Waals surface area contributed by atoms with Crippen LogP contribution in [0, 0.1) is 17.8 Å². The summed E-state index contributed by atoms with van der Waals surface area (Å²) >= 11 is 0. The average molecular weight is 193 g/mol. The number of hydrogen-bond acceptors (Lipinski definition) is 1. The lowest BCUT2D eigenvalue weighted by Crippen LogP contribution is -2.35. The Balaban J connectivity index is 2.12. The van der Waals surface area contributed by atoms with Crippen molar-refractivity contribution in [3.8, 4) is 11.8 Å². The summed E-state index contributed by atoms with van der Waals surface area (Å²) in [6.07, 6.45) is 8.16. The molecule has 0 heterocycles. The lowest BCUT2D eigenvalue weighted by Gasteiger charge is -2.28. The number of rotatable bonds is 4. The molecule has 0 aromatic rings. The summed E-state index contributed by atoms with van der Waals surface area (Å²) in [6, 6.07) is 0.689. The lowest BCUT2D eigenvalue weighted by molar-refractivity contribution is 0.283. The Morgan fingerprint density at radius 1 is 1.29 bits per heavy atom. The van der Waals surface area contributed by atoms with Crippen molar-refractivity contribution in [1.82, 2.24) is 5.32 Å². The van der Waals surface area contributed by atoms with Gasteiger partial charge in [-0.2, -0.15) is 0 Å². The molecule has 0 amide bonds. The first-order valence-electron chi connectivity index (χ1n) is 5.97. The van der Waals surface area contributed by atoms with E-state index in [-0.39, 0.29) is 0 Å². The average Bonchev–Trinajstić information content (AvgIpc) is 2.25. The molecule has 1 heteroatoms. The van der Waals surface area contributed by atoms with Crippen LogP contribution in [0.4, 0.5) is 0 Å². The molecule has 1 atom stereocenters. The van der Waals surface area contributed by atoms with Gasteiger partial charge in [-0.15, -0.1) is 11.8 Å². The van der Waals surface area contributed by atoms with Crippen LogP contribution in [0.2, 0.25) is 0 Å². The van der Waals surface area contributed by atoms with Gasteiger partial charge in [-0.1, -0.05) is 19.3 Å². The van der Waals surface area contributed by atoms with Crippen molar-refractivity contribution < 1.29 is 0 Å². The van der Waals surface area contributed by atoms with Gasteiger partial charge >= 0.3 is 0 Å². The zero-order valence-corrected chi connectivity index (χ0v) is 9.60. The van der Waals surface area contributed by atoms with Gasteiger partial charge in [0.1, 0.15) is 0 Å². The highest BCUT2D eigenvalue weighted by atomic mass is 14.9. The fraction of sp³-hybridized carbons (Fsp3) is 0.846. The molecule has 0 radical (unpaired) electrons. The molecule has 0 aromatic heterocycles. The fourth-order valence-corrected chi connectivity index (χ4v) is 2.29. The second-order valence-electron chi connectivity index (χ2n) is 4.32. The van der Waals surface area contributed by atoms with Crippen molar-refractivity contribution in [1.29, 1.82) is 0 Å². The van der Waals surface area contributed by atoms with Gasteiger partial charge in [0.05, 0.1) is 0 Å². The minimum atomic E-state index is 0.689. The molecule has 1 aliphatic rings. The predicted octanol–water partition coefficient (Wildman–Crippen LogP) is 2.96. The molecule has 0 unspecified atom stereocenters. The summed E-state index contributed by atoms with van der Waals surface area (Å²) in [4.78, 5) is 0. The van der Waals surface area contributed by atoms with Crippen LogP contribution in [0.15, 0.2) is 0 Å². The molecule has 1 fully saturated rings. The normalized spacial score (nSPS) is 19.9. The Hall–Kier alpha value is -0.480. The maximum Gasteiger partial charge on any atom is 0.0214 e. The topological polar surface area (TPSA) is 12.0 Å². The smallest absolute Gasteiger partial charge is 0.0214 e. The lowest BCUT2D eigenvalue weighted by atomic mass is 9.84. The highest BCUT2D eigenvalue weighted by Crippen LogP contribution is 2.26. The minimum Gasteiger partial charge on any atom is -0.313 e. The molecule has 1 rings (SSSR count). The molecular formula is C13H23N. The standard InChI is InChI=1S/C13H23N/c1-3-4-8-11-14-12(2)13-9-6-5-7-10-13/h12-14H,5-11H2,1-2H3/t12-/m1/s1. The van der Waals surface area contributed by atoms with Gasteiger partial charge in [0.25, 0.3) is 0 Å². The van der Waals surface area contributed by atoms with Crippen molar-refractivity contribution >= 4 is 0 Å². The van der Waals surface area contributed by atoms with E-state index >= 15 is 0 Å². The van der Waals surface area contributed by atoms with Crippen LogP contribution < -0.4 is 5.32 Å². The van der Waals surface area contributed by atoms with Crippen molar-refractivity contribution in [2.45, 2.75) is 58.4 Å². The van der Waals surface area contributed by atoms with Crippen LogP contribution in [0.25, 0.3) is 0 Å². The van der Waals surface area contributed by atoms with Crippen LogP contribution in [0.5, 0.6) is 0 Å². The summed E-state index contributed by atoms with van der Waals surface area (Å²) in [5.41, 5.74) is 0. The van der Waals surface area contributed by atoms with Crippen LogP contribution >= 0.6 is 0 Å². The van der Waals surface area contributed by atoms with E-state index in [1.165, 1.54) is 32.1 Å². The Labute approximate surface area is 88.7 Å². The predicted molar refractivity (Wildman–Crippen MR) is 62.1 cm³/mol. The van der Waals surface area contributed by atoms with E-state index in [1.54, 1.807) is 0 Å². The summed E-state index contributed by atoms with van der Waals surface area (Å²) in [6.45, 7) is 5.29. The molecule has 1 saturated carbocycles. The first-order valence-corrected chi connectivity index (χ1v) is 5.97. The monoisotopic (exact) mass is 193 g/mol. The van der Waals surface area contributed by atoms with E-state index in [4.69, 9.17) is 0 Å². The Kier molecular flexibility index (Phi) is 5.71. The maximum absolute atomic E-state index is 3.58. The minimum absolute atomic E-state index is 0.689. The van der Waals surface area contributed by atoms with E-state index in [9.17, 15) is 0 Å². The van der Waals surface area contributed by atoms with Gasteiger partial charge in [0, 0.05) is 19.0 Å². The quantitative estimate of drug-likeness (QED) is 0.534. The second kappa shape index (κ2) is 6.90. The van der Waals surface area contributed by atoms with E-state index < -0.39 is 0 Å². The van der Waals surface area contributed by atoms with Crippen molar-refractivity contribution in [2.24, 2.45) is 5.92 Å². The molecule has 1 nitrogen and oxygen atoms in total. The first-order chi connectivity index (χ1) is 6.84. The molecule has 0 bridgehead atoms. The van der Waals surface area contributed by atoms with E-state index in [0.717, 1.165) is 18.9 Å². The third-order valence-electron chi connectivity index (χ3n) is 3.25. The molecule has 0 spiro atoms. The molecule has 0 saturated heterocycles. The zero-order chi connectivity index (χ0) is 10.2. The first kappa shape index (κ1) is 11.6. The van der Waals surface area contributed by atoms with Crippen molar-refractivity contribution in [3.63, 3.8) is 0 Å². The molecule has 1 N–H and O–H groups in total. The van der Waals surface area contributed by atoms with Gasteiger partial charge < -0.3 is 5.32 Å². The highest BCUT2D eigenvalue weighted by molar-refractivity contribution is 4.95. The Morgan fingerprint density at radius 2 is 2.00 bits per heavy atom. The van der Waals surface area contributed by atoms with Crippen LogP contribution in [-0.4, -0.2) is 12.6 Å². The number of nitrogens with one attached hydrogen (secondary N) is 1. The van der Waals surface area contributed by atoms with Gasteiger partial charge in [0.2, 0.25) is 0 Å². The Bertz CT molecular complexity index is 193. The van der Waals surface area contributed by atoms with Crippen LogP contribution in [-0.2, 0) is 0 Å². The zero-order valence-electron chi connectivity index (χ0n) is 9.60. The largest absolute Gasteiger partial charge is 0.313 e. The van der Waals surface area contributed by atoms with Gasteiger partial charge in [0.15, 0.2) is 0 Å².